The molecular formula is C11H18N2S. The molecule has 0 atom stereocenters. The molecule has 1 aromatic heterocycles. The topological polar surface area (TPSA) is 24.9 Å². The van der Waals surface area contributed by atoms with Gasteiger partial charge in [-0.05, 0) is 37.3 Å². The third-order valence-corrected chi connectivity index (χ3v) is 2.85. The standard InChI is InChI=1S/C11H18N2S/c1-4-5-12-7-10-6-9(2)11(14-3)13-8-10/h6,8,12H,4-5,7H2,1-3H3. The van der Waals surface area contributed by atoms with Gasteiger partial charge in [-0.15, -0.1) is 11.8 Å². The summed E-state index contributed by atoms with van der Waals surface area (Å²) < 4.78 is 0. The van der Waals surface area contributed by atoms with Crippen molar-refractivity contribution in [3.63, 3.8) is 0 Å². The van der Waals surface area contributed by atoms with Crippen molar-refractivity contribution < 1.29 is 0 Å². The lowest BCUT2D eigenvalue weighted by atomic mass is 10.2. The van der Waals surface area contributed by atoms with Crippen LogP contribution in [0.4, 0.5) is 0 Å². The second-order valence-corrected chi connectivity index (χ2v) is 4.14. The summed E-state index contributed by atoms with van der Waals surface area (Å²) in [7, 11) is 0. The predicted octanol–water partition coefficient (Wildman–Crippen LogP) is 2.61. The molecule has 3 heteroatoms. The number of hydrogen-bond acceptors (Lipinski definition) is 3. The molecule has 0 aliphatic carbocycles. The normalized spacial score (nSPS) is 10.5. The summed E-state index contributed by atoms with van der Waals surface area (Å²) in [5, 5.41) is 4.50. The smallest absolute Gasteiger partial charge is 0.0986 e. The average Bonchev–Trinajstić information content (AvgIpc) is 2.18. The van der Waals surface area contributed by atoms with Crippen molar-refractivity contribution in [2.45, 2.75) is 31.8 Å². The molecule has 0 aromatic carbocycles. The third kappa shape index (κ3) is 3.31. The van der Waals surface area contributed by atoms with Crippen LogP contribution in [0.1, 0.15) is 24.5 Å². The van der Waals surface area contributed by atoms with Crippen LogP contribution >= 0.6 is 11.8 Å². The van der Waals surface area contributed by atoms with Crippen LogP contribution < -0.4 is 5.32 Å². The van der Waals surface area contributed by atoms with Crippen LogP contribution in [0.2, 0.25) is 0 Å². The monoisotopic (exact) mass is 210 g/mol. The lowest BCUT2D eigenvalue weighted by Crippen LogP contribution is -2.14. The first-order chi connectivity index (χ1) is 6.77. The maximum atomic E-state index is 4.40. The number of thioether (sulfide) groups is 1. The number of aromatic nitrogens is 1. The molecule has 1 N–H and O–H groups in total. The first kappa shape index (κ1) is 11.5. The lowest BCUT2D eigenvalue weighted by molar-refractivity contribution is 0.672. The van der Waals surface area contributed by atoms with Crippen LogP contribution in [-0.4, -0.2) is 17.8 Å². The molecule has 0 bridgehead atoms. The van der Waals surface area contributed by atoms with E-state index in [2.05, 4.69) is 36.5 Å². The van der Waals surface area contributed by atoms with Crippen LogP contribution in [0.5, 0.6) is 0 Å². The van der Waals surface area contributed by atoms with Gasteiger partial charge in [-0.25, -0.2) is 4.98 Å². The molecule has 1 heterocycles. The quantitative estimate of drug-likeness (QED) is 0.597. The van der Waals surface area contributed by atoms with E-state index in [1.54, 1.807) is 11.8 Å². The molecule has 0 fully saturated rings. The van der Waals surface area contributed by atoms with E-state index < -0.39 is 0 Å². The van der Waals surface area contributed by atoms with Crippen molar-refractivity contribution in [1.29, 1.82) is 0 Å². The lowest BCUT2D eigenvalue weighted by Gasteiger charge is -2.06. The van der Waals surface area contributed by atoms with Gasteiger partial charge in [-0.1, -0.05) is 13.0 Å². The fourth-order valence-corrected chi connectivity index (χ4v) is 1.88. The molecule has 14 heavy (non-hydrogen) atoms. The predicted molar refractivity (Wildman–Crippen MR) is 62.8 cm³/mol. The Hall–Kier alpha value is -0.540. The highest BCUT2D eigenvalue weighted by Gasteiger charge is 1.99. The van der Waals surface area contributed by atoms with Crippen molar-refractivity contribution in [1.82, 2.24) is 10.3 Å². The molecule has 0 saturated heterocycles. The highest BCUT2D eigenvalue weighted by atomic mass is 32.2. The Bertz CT molecular complexity index is 287. The zero-order chi connectivity index (χ0) is 10.4. The van der Waals surface area contributed by atoms with Gasteiger partial charge in [0.1, 0.15) is 0 Å². The van der Waals surface area contributed by atoms with E-state index in [1.165, 1.54) is 17.5 Å². The molecule has 2 nitrogen and oxygen atoms in total. The van der Waals surface area contributed by atoms with Crippen LogP contribution in [0.25, 0.3) is 0 Å². The molecule has 78 valence electrons. The van der Waals surface area contributed by atoms with Crippen molar-refractivity contribution in [3.05, 3.63) is 23.4 Å². The summed E-state index contributed by atoms with van der Waals surface area (Å²) in [5.74, 6) is 0. The van der Waals surface area contributed by atoms with Crippen LogP contribution in [0.3, 0.4) is 0 Å². The Morgan fingerprint density at radius 3 is 2.86 bits per heavy atom. The molecule has 0 saturated carbocycles. The van der Waals surface area contributed by atoms with Gasteiger partial charge in [0.15, 0.2) is 0 Å². The Kier molecular flexibility index (Phi) is 4.98. The van der Waals surface area contributed by atoms with Gasteiger partial charge in [0.2, 0.25) is 0 Å². The van der Waals surface area contributed by atoms with E-state index in [-0.39, 0.29) is 0 Å². The van der Waals surface area contributed by atoms with Gasteiger partial charge in [0.25, 0.3) is 0 Å². The molecule has 0 aliphatic heterocycles. The zero-order valence-corrected chi connectivity index (χ0v) is 9.95. The van der Waals surface area contributed by atoms with Crippen LogP contribution in [0, 0.1) is 6.92 Å². The summed E-state index contributed by atoms with van der Waals surface area (Å²) in [6.45, 7) is 6.29. The number of aryl methyl sites for hydroxylation is 1. The first-order valence-electron chi connectivity index (χ1n) is 4.98. The van der Waals surface area contributed by atoms with Crippen molar-refractivity contribution in [2.24, 2.45) is 0 Å². The van der Waals surface area contributed by atoms with Crippen molar-refractivity contribution >= 4 is 11.8 Å². The number of rotatable bonds is 5. The van der Waals surface area contributed by atoms with Crippen molar-refractivity contribution in [2.75, 3.05) is 12.8 Å². The number of hydrogen-bond donors (Lipinski definition) is 1. The maximum Gasteiger partial charge on any atom is 0.0986 e. The summed E-state index contributed by atoms with van der Waals surface area (Å²) in [5.41, 5.74) is 2.54. The molecule has 0 aliphatic rings. The Morgan fingerprint density at radius 2 is 2.29 bits per heavy atom. The minimum atomic E-state index is 0.927. The maximum absolute atomic E-state index is 4.40. The summed E-state index contributed by atoms with van der Waals surface area (Å²) >= 11 is 1.70. The first-order valence-corrected chi connectivity index (χ1v) is 6.20. The second-order valence-electron chi connectivity index (χ2n) is 3.35. The Balaban J connectivity index is 2.57. The van der Waals surface area contributed by atoms with E-state index >= 15 is 0 Å². The Morgan fingerprint density at radius 1 is 1.50 bits per heavy atom. The zero-order valence-electron chi connectivity index (χ0n) is 9.13. The largest absolute Gasteiger partial charge is 0.313 e. The number of pyridine rings is 1. The molecular weight excluding hydrogens is 192 g/mol. The molecule has 1 rings (SSSR count). The summed E-state index contributed by atoms with van der Waals surface area (Å²) in [4.78, 5) is 4.40. The van der Waals surface area contributed by atoms with Gasteiger partial charge >= 0.3 is 0 Å². The van der Waals surface area contributed by atoms with E-state index in [1.807, 2.05) is 6.20 Å². The highest BCUT2D eigenvalue weighted by molar-refractivity contribution is 7.98. The minimum absolute atomic E-state index is 0.927. The number of nitrogens with one attached hydrogen (secondary N) is 1. The van der Waals surface area contributed by atoms with Crippen LogP contribution in [0.15, 0.2) is 17.3 Å². The Labute approximate surface area is 90.5 Å². The molecule has 0 unspecified atom stereocenters. The fraction of sp³-hybridized carbons (Fsp3) is 0.545. The van der Waals surface area contributed by atoms with Gasteiger partial charge in [0.05, 0.1) is 5.03 Å². The van der Waals surface area contributed by atoms with Crippen LogP contribution in [-0.2, 0) is 6.54 Å². The van der Waals surface area contributed by atoms with Gasteiger partial charge in [0, 0.05) is 12.7 Å². The third-order valence-electron chi connectivity index (χ3n) is 2.04. The average molecular weight is 210 g/mol. The fourth-order valence-electron chi connectivity index (χ4n) is 1.34. The van der Waals surface area contributed by atoms with E-state index in [0.29, 0.717) is 0 Å². The molecule has 0 spiro atoms. The minimum Gasteiger partial charge on any atom is -0.313 e. The molecule has 1 aromatic rings. The second kappa shape index (κ2) is 6.04. The van der Waals surface area contributed by atoms with E-state index in [9.17, 15) is 0 Å². The molecule has 0 radical (unpaired) electrons. The van der Waals surface area contributed by atoms with Gasteiger partial charge in [-0.3, -0.25) is 0 Å². The SMILES string of the molecule is CCCNCc1cnc(SC)c(C)c1. The van der Waals surface area contributed by atoms with E-state index in [4.69, 9.17) is 0 Å². The van der Waals surface area contributed by atoms with Gasteiger partial charge < -0.3 is 5.32 Å². The highest BCUT2D eigenvalue weighted by Crippen LogP contribution is 2.17. The molecule has 0 amide bonds. The van der Waals surface area contributed by atoms with Crippen molar-refractivity contribution in [3.8, 4) is 0 Å². The summed E-state index contributed by atoms with van der Waals surface area (Å²) in [6.07, 6.45) is 5.20. The number of nitrogens with zero attached hydrogens (tertiary/aromatic N) is 1. The summed E-state index contributed by atoms with van der Waals surface area (Å²) in [6, 6.07) is 2.21. The van der Waals surface area contributed by atoms with Gasteiger partial charge in [-0.2, -0.15) is 0 Å². The van der Waals surface area contributed by atoms with E-state index in [0.717, 1.165) is 18.1 Å².